The van der Waals surface area contributed by atoms with Crippen molar-refractivity contribution >= 4 is 38.9 Å². The van der Waals surface area contributed by atoms with Crippen LogP contribution in [0.4, 0.5) is 0 Å². The zero-order valence-corrected chi connectivity index (χ0v) is 12.8. The lowest BCUT2D eigenvalue weighted by molar-refractivity contribution is 0.859. The first-order valence-corrected chi connectivity index (χ1v) is 7.25. The monoisotopic (exact) mass is 329 g/mol. The van der Waals surface area contributed by atoms with Gasteiger partial charge in [-0.2, -0.15) is 0 Å². The average Bonchev–Trinajstić information content (AvgIpc) is 2.57. The van der Waals surface area contributed by atoms with Crippen LogP contribution in [0.5, 0.6) is 0 Å². The van der Waals surface area contributed by atoms with Gasteiger partial charge in [-0.15, -0.1) is 11.3 Å². The zero-order chi connectivity index (χ0) is 12.6. The van der Waals surface area contributed by atoms with Gasteiger partial charge in [0, 0.05) is 9.90 Å². The zero-order valence-electron chi connectivity index (χ0n) is 9.63. The molecule has 1 unspecified atom stereocenters. The molecule has 2 rings (SSSR count). The molecule has 0 aliphatic rings. The summed E-state index contributed by atoms with van der Waals surface area (Å²) in [5.74, 6) is 0. The first-order valence-electron chi connectivity index (χ1n) is 5.26. The maximum atomic E-state index is 6.32. The summed E-state index contributed by atoms with van der Waals surface area (Å²) in [4.78, 5) is 1.25. The number of aryl methyl sites for hydroxylation is 2. The van der Waals surface area contributed by atoms with Gasteiger partial charge >= 0.3 is 0 Å². The molecule has 0 saturated heterocycles. The van der Waals surface area contributed by atoms with Crippen molar-refractivity contribution in [1.29, 1.82) is 0 Å². The number of hydrogen-bond acceptors (Lipinski definition) is 2. The van der Waals surface area contributed by atoms with Crippen LogP contribution in [0.25, 0.3) is 0 Å². The Labute approximate surface area is 119 Å². The van der Waals surface area contributed by atoms with Gasteiger partial charge in [0.2, 0.25) is 0 Å². The molecule has 0 amide bonds. The lowest BCUT2D eigenvalue weighted by atomic mass is 9.96. The van der Waals surface area contributed by atoms with Crippen molar-refractivity contribution in [2.45, 2.75) is 19.9 Å². The van der Waals surface area contributed by atoms with Gasteiger partial charge in [-0.1, -0.05) is 17.7 Å². The second-order valence-electron chi connectivity index (χ2n) is 4.04. The topological polar surface area (TPSA) is 26.0 Å². The van der Waals surface area contributed by atoms with Crippen LogP contribution < -0.4 is 5.73 Å². The summed E-state index contributed by atoms with van der Waals surface area (Å²) >= 11 is 11.2. The highest BCUT2D eigenvalue weighted by molar-refractivity contribution is 9.11. The van der Waals surface area contributed by atoms with E-state index in [9.17, 15) is 0 Å². The molecule has 2 aromatic rings. The van der Waals surface area contributed by atoms with E-state index in [0.717, 1.165) is 19.9 Å². The van der Waals surface area contributed by atoms with Gasteiger partial charge in [0.05, 0.1) is 9.83 Å². The Morgan fingerprint density at radius 3 is 2.47 bits per heavy atom. The van der Waals surface area contributed by atoms with Crippen LogP contribution in [0, 0.1) is 13.8 Å². The third kappa shape index (κ3) is 2.74. The van der Waals surface area contributed by atoms with Crippen molar-refractivity contribution in [3.05, 3.63) is 54.6 Å². The van der Waals surface area contributed by atoms with E-state index in [-0.39, 0.29) is 6.04 Å². The Kier molecular flexibility index (Phi) is 3.93. The molecule has 1 aromatic heterocycles. The van der Waals surface area contributed by atoms with E-state index >= 15 is 0 Å². The van der Waals surface area contributed by atoms with Crippen molar-refractivity contribution in [3.8, 4) is 0 Å². The Balaban J connectivity index is 2.43. The Bertz CT molecular complexity index is 550. The first kappa shape index (κ1) is 13.1. The number of thiophene rings is 1. The van der Waals surface area contributed by atoms with Crippen molar-refractivity contribution in [2.75, 3.05) is 0 Å². The molecule has 1 aromatic carbocycles. The van der Waals surface area contributed by atoms with Crippen molar-refractivity contribution in [1.82, 2.24) is 0 Å². The molecule has 17 heavy (non-hydrogen) atoms. The molecule has 2 N–H and O–H groups in total. The van der Waals surface area contributed by atoms with Crippen molar-refractivity contribution < 1.29 is 0 Å². The Morgan fingerprint density at radius 1 is 1.24 bits per heavy atom. The number of benzene rings is 1. The number of rotatable bonds is 2. The van der Waals surface area contributed by atoms with E-state index in [1.165, 1.54) is 10.4 Å². The molecule has 0 aliphatic carbocycles. The summed E-state index contributed by atoms with van der Waals surface area (Å²) in [5.41, 5.74) is 9.76. The quantitative estimate of drug-likeness (QED) is 0.838. The van der Waals surface area contributed by atoms with E-state index in [4.69, 9.17) is 17.3 Å². The summed E-state index contributed by atoms with van der Waals surface area (Å²) in [6.07, 6.45) is 0. The molecule has 1 heterocycles. The maximum absolute atomic E-state index is 6.32. The molecule has 0 aliphatic heterocycles. The normalized spacial score (nSPS) is 12.8. The molecular formula is C13H13BrClNS. The van der Waals surface area contributed by atoms with Crippen LogP contribution in [0.2, 0.25) is 5.02 Å². The largest absolute Gasteiger partial charge is 0.320 e. The van der Waals surface area contributed by atoms with Gasteiger partial charge < -0.3 is 5.73 Å². The first-order chi connectivity index (χ1) is 7.99. The molecule has 0 radical (unpaired) electrons. The molecule has 1 nitrogen and oxygen atoms in total. The number of halogens is 2. The summed E-state index contributed by atoms with van der Waals surface area (Å²) in [7, 11) is 0. The summed E-state index contributed by atoms with van der Waals surface area (Å²) < 4.78 is 1.12. The number of hydrogen-bond donors (Lipinski definition) is 1. The second kappa shape index (κ2) is 5.11. The van der Waals surface area contributed by atoms with Crippen LogP contribution in [0.1, 0.15) is 27.6 Å². The van der Waals surface area contributed by atoms with E-state index in [2.05, 4.69) is 28.9 Å². The Morgan fingerprint density at radius 2 is 1.94 bits per heavy atom. The molecule has 0 bridgehead atoms. The molecule has 0 saturated carbocycles. The lowest BCUT2D eigenvalue weighted by Gasteiger charge is -2.15. The van der Waals surface area contributed by atoms with Crippen LogP contribution in [0.15, 0.2) is 28.1 Å². The standard InChI is InChI=1S/C13H13BrClNS/c1-7-5-9(15)3-4-10(7)13(16)11-6-12(14)17-8(11)2/h3-6,13H,16H2,1-2H3. The predicted molar refractivity (Wildman–Crippen MR) is 79.0 cm³/mol. The lowest BCUT2D eigenvalue weighted by Crippen LogP contribution is -2.13. The van der Waals surface area contributed by atoms with Crippen molar-refractivity contribution in [3.63, 3.8) is 0 Å². The molecular weight excluding hydrogens is 318 g/mol. The van der Waals surface area contributed by atoms with E-state index in [1.54, 1.807) is 11.3 Å². The van der Waals surface area contributed by atoms with Gasteiger partial charge in [-0.25, -0.2) is 0 Å². The van der Waals surface area contributed by atoms with Crippen LogP contribution in [-0.4, -0.2) is 0 Å². The number of nitrogens with two attached hydrogens (primary N) is 1. The smallest absolute Gasteiger partial charge is 0.0704 e. The predicted octanol–water partition coefficient (Wildman–Crippen LogP) is 4.83. The highest BCUT2D eigenvalue weighted by Gasteiger charge is 2.16. The second-order valence-corrected chi connectivity index (χ2v) is 7.11. The summed E-state index contributed by atoms with van der Waals surface area (Å²) in [6, 6.07) is 7.86. The fourth-order valence-corrected chi connectivity index (χ4v) is 3.91. The Hall–Kier alpha value is -0.350. The average molecular weight is 331 g/mol. The SMILES string of the molecule is Cc1cc(Cl)ccc1C(N)c1cc(Br)sc1C. The van der Waals surface area contributed by atoms with Crippen LogP contribution >= 0.6 is 38.9 Å². The van der Waals surface area contributed by atoms with Crippen molar-refractivity contribution in [2.24, 2.45) is 5.73 Å². The highest BCUT2D eigenvalue weighted by atomic mass is 79.9. The minimum atomic E-state index is -0.0881. The van der Waals surface area contributed by atoms with Gasteiger partial charge in [-0.05, 0) is 64.7 Å². The minimum Gasteiger partial charge on any atom is -0.320 e. The maximum Gasteiger partial charge on any atom is 0.0704 e. The third-order valence-electron chi connectivity index (χ3n) is 2.83. The van der Waals surface area contributed by atoms with Gasteiger partial charge in [0.1, 0.15) is 0 Å². The summed E-state index contributed by atoms with van der Waals surface area (Å²) in [5, 5.41) is 0.752. The molecule has 0 fully saturated rings. The summed E-state index contributed by atoms with van der Waals surface area (Å²) in [6.45, 7) is 4.13. The van der Waals surface area contributed by atoms with E-state index in [0.29, 0.717) is 0 Å². The van der Waals surface area contributed by atoms with E-state index < -0.39 is 0 Å². The molecule has 1 atom stereocenters. The third-order valence-corrected chi connectivity index (χ3v) is 4.63. The van der Waals surface area contributed by atoms with Crippen LogP contribution in [0.3, 0.4) is 0 Å². The minimum absolute atomic E-state index is 0.0881. The van der Waals surface area contributed by atoms with Crippen LogP contribution in [-0.2, 0) is 0 Å². The highest BCUT2D eigenvalue weighted by Crippen LogP contribution is 2.33. The fourth-order valence-electron chi connectivity index (χ4n) is 1.92. The fraction of sp³-hybridized carbons (Fsp3) is 0.231. The van der Waals surface area contributed by atoms with Gasteiger partial charge in [0.15, 0.2) is 0 Å². The molecule has 90 valence electrons. The molecule has 4 heteroatoms. The van der Waals surface area contributed by atoms with Gasteiger partial charge in [0.25, 0.3) is 0 Å². The molecule has 0 spiro atoms. The van der Waals surface area contributed by atoms with E-state index in [1.807, 2.05) is 25.1 Å². The van der Waals surface area contributed by atoms with Gasteiger partial charge in [-0.3, -0.25) is 0 Å².